The first-order chi connectivity index (χ1) is 10.4. The number of esters is 1. The third-order valence-electron chi connectivity index (χ3n) is 2.93. The molecule has 0 aliphatic carbocycles. The second-order valence-corrected chi connectivity index (χ2v) is 5.26. The summed E-state index contributed by atoms with van der Waals surface area (Å²) in [7, 11) is 1.21. The minimum Gasteiger partial charge on any atom is -0.464 e. The molecule has 8 heteroatoms. The van der Waals surface area contributed by atoms with Crippen LogP contribution in [-0.4, -0.2) is 28.0 Å². The van der Waals surface area contributed by atoms with Crippen LogP contribution in [0, 0.1) is 0 Å². The topological polar surface area (TPSA) is 81.4 Å². The van der Waals surface area contributed by atoms with E-state index in [0.29, 0.717) is 10.6 Å². The molecule has 0 saturated carbocycles. The highest BCUT2D eigenvalue weighted by Crippen LogP contribution is 2.26. The first-order valence-corrected chi connectivity index (χ1v) is 6.97. The number of carbonyl (C=O) groups is 1. The molecule has 116 valence electrons. The molecule has 0 radical (unpaired) electrons. The van der Waals surface area contributed by atoms with Gasteiger partial charge in [0.15, 0.2) is 5.69 Å². The maximum absolute atomic E-state index is 11.8. The van der Waals surface area contributed by atoms with Crippen molar-refractivity contribution >= 4 is 29.2 Å². The Morgan fingerprint density at radius 3 is 2.73 bits per heavy atom. The van der Waals surface area contributed by atoms with Crippen LogP contribution in [0.15, 0.2) is 35.1 Å². The van der Waals surface area contributed by atoms with E-state index in [2.05, 4.69) is 9.84 Å². The standard InChI is InChI=1S/C14H12Cl2N2O4/c1-22-14(21)11-4-5-13(20)18(17-11)7-12(19)9-3-2-8(15)6-10(9)16/h2-6,12,19H,7H2,1H3. The number of aliphatic hydroxyl groups is 1. The third kappa shape index (κ3) is 3.65. The Hall–Kier alpha value is -1.89. The normalized spacial score (nSPS) is 12.0. The summed E-state index contributed by atoms with van der Waals surface area (Å²) in [6.07, 6.45) is -1.08. The average molecular weight is 343 g/mol. The summed E-state index contributed by atoms with van der Waals surface area (Å²) in [6.45, 7) is -0.162. The van der Waals surface area contributed by atoms with Crippen molar-refractivity contribution in [2.24, 2.45) is 0 Å². The summed E-state index contributed by atoms with van der Waals surface area (Å²) in [5, 5.41) is 14.8. The van der Waals surface area contributed by atoms with Gasteiger partial charge in [0.1, 0.15) is 6.10 Å². The van der Waals surface area contributed by atoms with E-state index in [9.17, 15) is 14.7 Å². The molecule has 0 bridgehead atoms. The lowest BCUT2D eigenvalue weighted by Crippen LogP contribution is -2.27. The van der Waals surface area contributed by atoms with Gasteiger partial charge in [-0.1, -0.05) is 29.3 Å². The molecule has 22 heavy (non-hydrogen) atoms. The number of carbonyl (C=O) groups excluding carboxylic acids is 1. The van der Waals surface area contributed by atoms with E-state index >= 15 is 0 Å². The quantitative estimate of drug-likeness (QED) is 0.860. The monoisotopic (exact) mass is 342 g/mol. The Kier molecular flexibility index (Phi) is 5.18. The van der Waals surface area contributed by atoms with Crippen LogP contribution in [0.4, 0.5) is 0 Å². The van der Waals surface area contributed by atoms with Crippen molar-refractivity contribution in [2.75, 3.05) is 7.11 Å². The van der Waals surface area contributed by atoms with Crippen LogP contribution in [0.2, 0.25) is 10.0 Å². The van der Waals surface area contributed by atoms with E-state index in [1.54, 1.807) is 12.1 Å². The van der Waals surface area contributed by atoms with Crippen LogP contribution in [0.1, 0.15) is 22.2 Å². The summed E-state index contributed by atoms with van der Waals surface area (Å²) in [5.74, 6) is -0.673. The van der Waals surface area contributed by atoms with Crippen molar-refractivity contribution in [3.05, 3.63) is 62.0 Å². The molecule has 0 spiro atoms. The molecule has 1 atom stereocenters. The summed E-state index contributed by atoms with van der Waals surface area (Å²) >= 11 is 11.8. The molecular weight excluding hydrogens is 331 g/mol. The number of aromatic nitrogens is 2. The molecule has 0 aliphatic heterocycles. The van der Waals surface area contributed by atoms with E-state index in [1.165, 1.54) is 25.3 Å². The molecule has 1 N–H and O–H groups in total. The fourth-order valence-corrected chi connectivity index (χ4v) is 2.36. The largest absolute Gasteiger partial charge is 0.464 e. The molecule has 0 aliphatic rings. The minimum absolute atomic E-state index is 0.0310. The Bertz CT molecular complexity index is 761. The van der Waals surface area contributed by atoms with Crippen LogP contribution in [0.3, 0.4) is 0 Å². The number of ether oxygens (including phenoxy) is 1. The molecule has 0 amide bonds. The maximum Gasteiger partial charge on any atom is 0.358 e. The van der Waals surface area contributed by atoms with Gasteiger partial charge in [0, 0.05) is 21.7 Å². The van der Waals surface area contributed by atoms with Crippen LogP contribution in [0.25, 0.3) is 0 Å². The fraction of sp³-hybridized carbons (Fsp3) is 0.214. The summed E-state index contributed by atoms with van der Waals surface area (Å²) in [4.78, 5) is 23.2. The van der Waals surface area contributed by atoms with E-state index in [4.69, 9.17) is 23.2 Å². The molecule has 1 aromatic heterocycles. The first-order valence-electron chi connectivity index (χ1n) is 6.22. The number of hydrogen-bond donors (Lipinski definition) is 1. The van der Waals surface area contributed by atoms with Gasteiger partial charge >= 0.3 is 5.97 Å². The lowest BCUT2D eigenvalue weighted by atomic mass is 10.1. The molecule has 6 nitrogen and oxygen atoms in total. The fourth-order valence-electron chi connectivity index (χ4n) is 1.83. The van der Waals surface area contributed by atoms with E-state index < -0.39 is 17.6 Å². The van der Waals surface area contributed by atoms with Gasteiger partial charge in [-0.05, 0) is 18.2 Å². The van der Waals surface area contributed by atoms with Crippen molar-refractivity contribution < 1.29 is 14.6 Å². The van der Waals surface area contributed by atoms with Gasteiger partial charge in [0.2, 0.25) is 0 Å². The Morgan fingerprint density at radius 1 is 1.36 bits per heavy atom. The highest BCUT2D eigenvalue weighted by molar-refractivity contribution is 6.35. The molecule has 1 heterocycles. The summed E-state index contributed by atoms with van der Waals surface area (Å²) in [6, 6.07) is 7.06. The van der Waals surface area contributed by atoms with Gasteiger partial charge in [-0.3, -0.25) is 4.79 Å². The van der Waals surface area contributed by atoms with Gasteiger partial charge in [-0.2, -0.15) is 5.10 Å². The van der Waals surface area contributed by atoms with Gasteiger partial charge in [0.05, 0.1) is 13.7 Å². The SMILES string of the molecule is COC(=O)c1ccc(=O)n(CC(O)c2ccc(Cl)cc2Cl)n1. The second-order valence-electron chi connectivity index (χ2n) is 4.41. The molecule has 0 fully saturated rings. The lowest BCUT2D eigenvalue weighted by molar-refractivity contribution is 0.0588. The van der Waals surface area contributed by atoms with Crippen molar-refractivity contribution in [3.63, 3.8) is 0 Å². The highest BCUT2D eigenvalue weighted by Gasteiger charge is 2.16. The molecule has 0 saturated heterocycles. The first kappa shape index (κ1) is 16.5. The molecule has 1 aromatic carbocycles. The highest BCUT2D eigenvalue weighted by atomic mass is 35.5. The summed E-state index contributed by atoms with van der Waals surface area (Å²) in [5.41, 5.74) is -0.0865. The predicted molar refractivity (Wildman–Crippen MR) is 81.3 cm³/mol. The van der Waals surface area contributed by atoms with Gasteiger partial charge in [0.25, 0.3) is 5.56 Å². The minimum atomic E-state index is -1.08. The number of halogens is 2. The van der Waals surface area contributed by atoms with Crippen LogP contribution in [0.5, 0.6) is 0 Å². The van der Waals surface area contributed by atoms with Gasteiger partial charge in [-0.25, -0.2) is 9.48 Å². The summed E-state index contributed by atoms with van der Waals surface area (Å²) < 4.78 is 5.51. The zero-order valence-electron chi connectivity index (χ0n) is 11.5. The molecule has 2 aromatic rings. The van der Waals surface area contributed by atoms with Gasteiger partial charge in [-0.15, -0.1) is 0 Å². The zero-order chi connectivity index (χ0) is 16.3. The smallest absolute Gasteiger partial charge is 0.358 e. The molecule has 2 rings (SSSR count). The number of nitrogens with zero attached hydrogens (tertiary/aromatic N) is 2. The molecular formula is C14H12Cl2N2O4. The van der Waals surface area contributed by atoms with Crippen molar-refractivity contribution in [3.8, 4) is 0 Å². The van der Waals surface area contributed by atoms with E-state index in [-0.39, 0.29) is 17.3 Å². The third-order valence-corrected chi connectivity index (χ3v) is 3.49. The Morgan fingerprint density at radius 2 is 2.09 bits per heavy atom. The zero-order valence-corrected chi connectivity index (χ0v) is 13.0. The number of rotatable bonds is 4. The Balaban J connectivity index is 2.29. The van der Waals surface area contributed by atoms with Crippen molar-refractivity contribution in [1.29, 1.82) is 0 Å². The lowest BCUT2D eigenvalue weighted by Gasteiger charge is -2.14. The molecule has 1 unspecified atom stereocenters. The number of aliphatic hydroxyl groups excluding tert-OH is 1. The van der Waals surface area contributed by atoms with Crippen LogP contribution < -0.4 is 5.56 Å². The average Bonchev–Trinajstić information content (AvgIpc) is 2.48. The number of benzene rings is 1. The van der Waals surface area contributed by atoms with Crippen molar-refractivity contribution in [1.82, 2.24) is 9.78 Å². The Labute approximate surface area is 135 Å². The van der Waals surface area contributed by atoms with Gasteiger partial charge < -0.3 is 9.84 Å². The van der Waals surface area contributed by atoms with Crippen molar-refractivity contribution in [2.45, 2.75) is 12.6 Å². The number of hydrogen-bond acceptors (Lipinski definition) is 5. The van der Waals surface area contributed by atoms with Crippen LogP contribution in [-0.2, 0) is 11.3 Å². The number of methoxy groups -OCH3 is 1. The van der Waals surface area contributed by atoms with E-state index in [1.807, 2.05) is 0 Å². The second kappa shape index (κ2) is 6.91. The predicted octanol–water partition coefficient (Wildman–Crippen LogP) is 2.07. The maximum atomic E-state index is 11.8. The van der Waals surface area contributed by atoms with E-state index in [0.717, 1.165) is 4.68 Å². The van der Waals surface area contributed by atoms with Crippen LogP contribution >= 0.6 is 23.2 Å².